The Labute approximate surface area is 107 Å². The number of nitrogens with zero attached hydrogens (tertiary/aromatic N) is 1. The number of carbonyl (C=O) groups is 1. The molecule has 5 heteroatoms. The largest absolute Gasteiger partial charge is 0.387 e. The number of amides is 1. The van der Waals surface area contributed by atoms with Gasteiger partial charge < -0.3 is 15.5 Å². The van der Waals surface area contributed by atoms with Gasteiger partial charge in [0.2, 0.25) is 0 Å². The average molecular weight is 252 g/mol. The summed E-state index contributed by atoms with van der Waals surface area (Å²) in [4.78, 5) is 15.7. The number of carbonyl (C=O) groups excluding carboxylic acids is 1. The third kappa shape index (κ3) is 3.78. The van der Waals surface area contributed by atoms with Crippen molar-refractivity contribution in [3.8, 4) is 0 Å². The van der Waals surface area contributed by atoms with Crippen LogP contribution < -0.4 is 5.32 Å². The molecular weight excluding hydrogens is 232 g/mol. The van der Waals surface area contributed by atoms with Crippen LogP contribution in [0.3, 0.4) is 0 Å². The second-order valence-electron chi connectivity index (χ2n) is 5.21. The van der Waals surface area contributed by atoms with Crippen LogP contribution in [0.1, 0.15) is 39.2 Å². The molecule has 1 amide bonds. The number of nitrogens with one attached hydrogen (secondary N) is 1. The molecule has 1 rings (SSSR count). The quantitative estimate of drug-likeness (QED) is 0.753. The molecule has 1 atom stereocenters. The average Bonchev–Trinajstić information content (AvgIpc) is 2.27. The topological polar surface area (TPSA) is 82.5 Å². The summed E-state index contributed by atoms with van der Waals surface area (Å²) in [6.07, 6.45) is 1.74. The van der Waals surface area contributed by atoms with Gasteiger partial charge in [-0.15, -0.1) is 0 Å². The molecule has 1 unspecified atom stereocenters. The number of anilines is 1. The molecule has 3 N–H and O–H groups in total. The van der Waals surface area contributed by atoms with Gasteiger partial charge in [-0.3, -0.25) is 9.78 Å². The summed E-state index contributed by atoms with van der Waals surface area (Å²) in [6.45, 7) is 6.79. The first-order chi connectivity index (χ1) is 8.21. The van der Waals surface area contributed by atoms with E-state index in [1.165, 1.54) is 20.0 Å². The molecule has 1 aromatic heterocycles. The molecule has 1 aromatic rings. The van der Waals surface area contributed by atoms with Crippen LogP contribution in [0.15, 0.2) is 18.5 Å². The molecule has 0 fully saturated rings. The van der Waals surface area contributed by atoms with Crippen molar-refractivity contribution in [2.75, 3.05) is 5.32 Å². The Hall–Kier alpha value is -1.46. The van der Waals surface area contributed by atoms with Gasteiger partial charge in [0.1, 0.15) is 0 Å². The van der Waals surface area contributed by atoms with Gasteiger partial charge in [0.15, 0.2) is 6.10 Å². The van der Waals surface area contributed by atoms with Crippen LogP contribution in [0.4, 0.5) is 5.69 Å². The van der Waals surface area contributed by atoms with Crippen molar-refractivity contribution in [2.45, 2.75) is 45.3 Å². The third-order valence-corrected chi connectivity index (χ3v) is 2.61. The number of aromatic nitrogens is 1. The molecule has 0 aliphatic heterocycles. The molecule has 18 heavy (non-hydrogen) atoms. The van der Waals surface area contributed by atoms with E-state index in [0.29, 0.717) is 11.6 Å². The zero-order valence-electron chi connectivity index (χ0n) is 11.1. The minimum absolute atomic E-state index is 0.300. The lowest BCUT2D eigenvalue weighted by Crippen LogP contribution is -2.44. The zero-order valence-corrected chi connectivity index (χ0v) is 11.1. The van der Waals surface area contributed by atoms with Crippen LogP contribution in [-0.4, -0.2) is 32.8 Å². The van der Waals surface area contributed by atoms with Crippen LogP contribution in [-0.2, 0) is 4.79 Å². The van der Waals surface area contributed by atoms with E-state index in [1.807, 2.05) is 13.8 Å². The SMILES string of the molecule is CC(C)c1cncc(NC(=O)C(O)C(C)(C)O)c1. The summed E-state index contributed by atoms with van der Waals surface area (Å²) in [7, 11) is 0. The molecule has 0 saturated carbocycles. The molecule has 5 nitrogen and oxygen atoms in total. The second kappa shape index (κ2) is 5.46. The molecule has 100 valence electrons. The van der Waals surface area contributed by atoms with Gasteiger partial charge in [0.05, 0.1) is 17.5 Å². The van der Waals surface area contributed by atoms with Gasteiger partial charge in [0.25, 0.3) is 5.91 Å². The minimum atomic E-state index is -1.49. The monoisotopic (exact) mass is 252 g/mol. The fourth-order valence-electron chi connectivity index (χ4n) is 1.37. The molecule has 0 aliphatic rings. The van der Waals surface area contributed by atoms with Crippen molar-refractivity contribution < 1.29 is 15.0 Å². The van der Waals surface area contributed by atoms with E-state index in [9.17, 15) is 15.0 Å². The lowest BCUT2D eigenvalue weighted by atomic mass is 10.0. The molecule has 1 heterocycles. The van der Waals surface area contributed by atoms with E-state index in [0.717, 1.165) is 5.56 Å². The van der Waals surface area contributed by atoms with E-state index in [2.05, 4.69) is 10.3 Å². The number of aliphatic hydroxyl groups is 2. The first-order valence-electron chi connectivity index (χ1n) is 5.88. The molecule has 0 aromatic carbocycles. The van der Waals surface area contributed by atoms with Crippen molar-refractivity contribution in [3.63, 3.8) is 0 Å². The first-order valence-corrected chi connectivity index (χ1v) is 5.88. The Balaban J connectivity index is 2.79. The fraction of sp³-hybridized carbons (Fsp3) is 0.538. The maximum Gasteiger partial charge on any atom is 0.256 e. The Morgan fingerprint density at radius 3 is 2.50 bits per heavy atom. The Kier molecular flexibility index (Phi) is 4.43. The summed E-state index contributed by atoms with van der Waals surface area (Å²) in [5.74, 6) is -0.348. The van der Waals surface area contributed by atoms with Gasteiger partial charge in [-0.2, -0.15) is 0 Å². The third-order valence-electron chi connectivity index (χ3n) is 2.61. The van der Waals surface area contributed by atoms with E-state index in [1.54, 1.807) is 12.3 Å². The summed E-state index contributed by atoms with van der Waals surface area (Å²) in [6, 6.07) is 1.80. The van der Waals surface area contributed by atoms with Gasteiger partial charge >= 0.3 is 0 Å². The number of pyridine rings is 1. The first kappa shape index (κ1) is 14.6. The van der Waals surface area contributed by atoms with E-state index in [4.69, 9.17) is 0 Å². The highest BCUT2D eigenvalue weighted by Crippen LogP contribution is 2.18. The van der Waals surface area contributed by atoms with Gasteiger partial charge in [-0.1, -0.05) is 13.8 Å². The Morgan fingerprint density at radius 1 is 1.39 bits per heavy atom. The highest BCUT2D eigenvalue weighted by molar-refractivity contribution is 5.94. The molecular formula is C13H20N2O3. The predicted molar refractivity (Wildman–Crippen MR) is 69.3 cm³/mol. The highest BCUT2D eigenvalue weighted by atomic mass is 16.3. The van der Waals surface area contributed by atoms with E-state index < -0.39 is 17.6 Å². The highest BCUT2D eigenvalue weighted by Gasteiger charge is 2.31. The minimum Gasteiger partial charge on any atom is -0.387 e. The van der Waals surface area contributed by atoms with Crippen LogP contribution in [0.2, 0.25) is 0 Å². The Bertz CT molecular complexity index is 424. The van der Waals surface area contributed by atoms with E-state index in [-0.39, 0.29) is 0 Å². The van der Waals surface area contributed by atoms with Crippen LogP contribution >= 0.6 is 0 Å². The predicted octanol–water partition coefficient (Wildman–Crippen LogP) is 1.28. The number of hydrogen-bond acceptors (Lipinski definition) is 4. The molecule has 0 bridgehead atoms. The normalized spacial score (nSPS) is 13.5. The number of aliphatic hydroxyl groups excluding tert-OH is 1. The second-order valence-corrected chi connectivity index (χ2v) is 5.21. The van der Waals surface area contributed by atoms with Gasteiger partial charge in [-0.05, 0) is 31.4 Å². The summed E-state index contributed by atoms with van der Waals surface area (Å²) >= 11 is 0. The molecule has 0 saturated heterocycles. The molecule has 0 spiro atoms. The summed E-state index contributed by atoms with van der Waals surface area (Å²) in [5.41, 5.74) is 0.0210. The van der Waals surface area contributed by atoms with E-state index >= 15 is 0 Å². The van der Waals surface area contributed by atoms with Crippen molar-refractivity contribution in [2.24, 2.45) is 0 Å². The maximum atomic E-state index is 11.7. The van der Waals surface area contributed by atoms with Gasteiger partial charge in [0, 0.05) is 6.20 Å². The number of rotatable bonds is 4. The van der Waals surface area contributed by atoms with Crippen molar-refractivity contribution in [1.29, 1.82) is 0 Å². The standard InChI is InChI=1S/C13H20N2O3/c1-8(2)9-5-10(7-14-6-9)15-12(17)11(16)13(3,4)18/h5-8,11,16,18H,1-4H3,(H,15,17). The van der Waals surface area contributed by atoms with Crippen LogP contribution in [0.5, 0.6) is 0 Å². The lowest BCUT2D eigenvalue weighted by Gasteiger charge is -2.23. The fourth-order valence-corrected chi connectivity index (χ4v) is 1.37. The van der Waals surface area contributed by atoms with Crippen LogP contribution in [0, 0.1) is 0 Å². The molecule has 0 aliphatic carbocycles. The van der Waals surface area contributed by atoms with Gasteiger partial charge in [-0.25, -0.2) is 0 Å². The summed E-state index contributed by atoms with van der Waals surface area (Å²) < 4.78 is 0. The van der Waals surface area contributed by atoms with Crippen molar-refractivity contribution in [3.05, 3.63) is 24.0 Å². The maximum absolute atomic E-state index is 11.7. The Morgan fingerprint density at radius 2 is 2.00 bits per heavy atom. The number of hydrogen-bond donors (Lipinski definition) is 3. The van der Waals surface area contributed by atoms with Crippen molar-refractivity contribution in [1.82, 2.24) is 4.98 Å². The lowest BCUT2D eigenvalue weighted by molar-refractivity contribution is -0.136. The summed E-state index contributed by atoms with van der Waals surface area (Å²) in [5, 5.41) is 21.7. The zero-order chi connectivity index (χ0) is 13.9. The van der Waals surface area contributed by atoms with Crippen molar-refractivity contribution >= 4 is 11.6 Å². The smallest absolute Gasteiger partial charge is 0.256 e. The van der Waals surface area contributed by atoms with Crippen LogP contribution in [0.25, 0.3) is 0 Å². The molecule has 0 radical (unpaired) electrons.